The Balaban J connectivity index is 2.03. The van der Waals surface area contributed by atoms with Gasteiger partial charge in [0.05, 0.1) is 0 Å². The molecule has 0 aliphatic carbocycles. The van der Waals surface area contributed by atoms with Gasteiger partial charge in [0.2, 0.25) is 0 Å². The summed E-state index contributed by atoms with van der Waals surface area (Å²) in [5, 5.41) is 9.72. The van der Waals surface area contributed by atoms with Gasteiger partial charge in [0.25, 0.3) is 0 Å². The van der Waals surface area contributed by atoms with E-state index in [0.717, 1.165) is 15.7 Å². The number of phenolic OH excluding ortho intramolecular Hbond substituents is 1. The van der Waals surface area contributed by atoms with E-state index in [1.165, 1.54) is 12.2 Å². The zero-order chi connectivity index (χ0) is 16.8. The number of hydrogen-bond donors (Lipinski definition) is 1. The van der Waals surface area contributed by atoms with Crippen LogP contribution in [0.15, 0.2) is 59.1 Å². The van der Waals surface area contributed by atoms with Crippen molar-refractivity contribution in [3.8, 4) is 5.75 Å². The van der Waals surface area contributed by atoms with Crippen LogP contribution in [0.1, 0.15) is 11.1 Å². The van der Waals surface area contributed by atoms with Gasteiger partial charge in [0.1, 0.15) is 5.75 Å². The van der Waals surface area contributed by atoms with Gasteiger partial charge in [-0.05, 0) is 54.1 Å². The molecule has 2 aromatic carbocycles. The summed E-state index contributed by atoms with van der Waals surface area (Å²) in [5.74, 6) is 0.00145. The van der Waals surface area contributed by atoms with Crippen LogP contribution in [0, 0.1) is 0 Å². The lowest BCUT2D eigenvalue weighted by atomic mass is 10.1. The molecule has 0 aromatic heterocycles. The molecule has 0 amide bonds. The highest BCUT2D eigenvalue weighted by atomic mass is 79.9. The van der Waals surface area contributed by atoms with E-state index in [0.29, 0.717) is 5.56 Å². The molecular weight excluding hydrogens is 354 g/mol. The third kappa shape index (κ3) is 5.11. The maximum atomic E-state index is 11.9. The Hall–Kier alpha value is -2.33. The zero-order valence-corrected chi connectivity index (χ0v) is 14.6. The Morgan fingerprint density at radius 3 is 2.35 bits per heavy atom. The van der Waals surface area contributed by atoms with E-state index in [4.69, 9.17) is 0 Å². The number of carbonyl (C=O) groups excluding carboxylic acids is 1. The average molecular weight is 372 g/mol. The summed E-state index contributed by atoms with van der Waals surface area (Å²) in [6.07, 6.45) is 6.32. The van der Waals surface area contributed by atoms with Crippen LogP contribution in [-0.2, 0) is 4.79 Å². The molecule has 0 aliphatic heterocycles. The number of anilines is 1. The van der Waals surface area contributed by atoms with Crippen molar-refractivity contribution < 1.29 is 9.90 Å². The molecule has 0 spiro atoms. The topological polar surface area (TPSA) is 40.5 Å². The highest BCUT2D eigenvalue weighted by Gasteiger charge is 1.99. The van der Waals surface area contributed by atoms with E-state index in [9.17, 15) is 9.90 Å². The number of rotatable bonds is 5. The zero-order valence-electron chi connectivity index (χ0n) is 13.0. The molecule has 2 rings (SSSR count). The largest absolute Gasteiger partial charge is 0.507 e. The standard InChI is InChI=1S/C19H18BrNO2/c1-21(2)17-8-3-14(4-9-17)5-10-18(22)11-6-15-13-16(20)7-12-19(15)23/h3-13,23H,1-2H3/b10-5+,11-6+. The fraction of sp³-hybridized carbons (Fsp3) is 0.105. The second-order valence-corrected chi connectivity index (χ2v) is 6.17. The number of phenols is 1. The van der Waals surface area contributed by atoms with Crippen molar-refractivity contribution in [3.63, 3.8) is 0 Å². The third-order valence-corrected chi connectivity index (χ3v) is 3.76. The van der Waals surface area contributed by atoms with Crippen molar-refractivity contribution in [2.24, 2.45) is 0 Å². The van der Waals surface area contributed by atoms with E-state index >= 15 is 0 Å². The number of ketones is 1. The molecule has 0 atom stereocenters. The Bertz CT molecular complexity index is 746. The summed E-state index contributed by atoms with van der Waals surface area (Å²) < 4.78 is 0.846. The minimum absolute atomic E-state index is 0.138. The highest BCUT2D eigenvalue weighted by molar-refractivity contribution is 9.10. The number of halogens is 1. The number of allylic oxidation sites excluding steroid dienone is 2. The van der Waals surface area contributed by atoms with Crippen LogP contribution in [0.25, 0.3) is 12.2 Å². The Morgan fingerprint density at radius 2 is 1.70 bits per heavy atom. The van der Waals surface area contributed by atoms with Gasteiger partial charge in [0, 0.05) is 29.8 Å². The SMILES string of the molecule is CN(C)c1ccc(/C=C/C(=O)/C=C/c2cc(Br)ccc2O)cc1. The second-order valence-electron chi connectivity index (χ2n) is 5.26. The maximum absolute atomic E-state index is 11.9. The molecule has 0 radical (unpaired) electrons. The van der Waals surface area contributed by atoms with Crippen molar-refractivity contribution in [2.75, 3.05) is 19.0 Å². The molecule has 3 nitrogen and oxygen atoms in total. The van der Waals surface area contributed by atoms with Crippen molar-refractivity contribution >= 4 is 39.6 Å². The van der Waals surface area contributed by atoms with Crippen LogP contribution in [0.5, 0.6) is 5.75 Å². The lowest BCUT2D eigenvalue weighted by Gasteiger charge is -2.11. The normalized spacial score (nSPS) is 11.3. The molecule has 23 heavy (non-hydrogen) atoms. The highest BCUT2D eigenvalue weighted by Crippen LogP contribution is 2.23. The molecule has 0 aliphatic rings. The fourth-order valence-corrected chi connectivity index (χ4v) is 2.33. The third-order valence-electron chi connectivity index (χ3n) is 3.27. The molecule has 0 unspecified atom stereocenters. The summed E-state index contributed by atoms with van der Waals surface area (Å²) in [7, 11) is 3.97. The van der Waals surface area contributed by atoms with Gasteiger partial charge in [-0.3, -0.25) is 4.79 Å². The first-order valence-corrected chi connectivity index (χ1v) is 7.91. The van der Waals surface area contributed by atoms with Crippen molar-refractivity contribution in [1.82, 2.24) is 0 Å². The van der Waals surface area contributed by atoms with Crippen molar-refractivity contribution in [3.05, 3.63) is 70.2 Å². The van der Waals surface area contributed by atoms with Crippen LogP contribution >= 0.6 is 15.9 Å². The maximum Gasteiger partial charge on any atom is 0.178 e. The first-order valence-electron chi connectivity index (χ1n) is 7.12. The number of carbonyl (C=O) groups is 1. The van der Waals surface area contributed by atoms with Crippen LogP contribution in [0.4, 0.5) is 5.69 Å². The Morgan fingerprint density at radius 1 is 1.04 bits per heavy atom. The van der Waals surface area contributed by atoms with E-state index in [-0.39, 0.29) is 11.5 Å². The van der Waals surface area contributed by atoms with Gasteiger partial charge < -0.3 is 10.0 Å². The average Bonchev–Trinajstić information content (AvgIpc) is 2.54. The molecule has 0 fully saturated rings. The van der Waals surface area contributed by atoms with Gasteiger partial charge in [-0.15, -0.1) is 0 Å². The Kier molecular flexibility index (Phi) is 5.77. The predicted octanol–water partition coefficient (Wildman–Crippen LogP) is 4.52. The van der Waals surface area contributed by atoms with Crippen LogP contribution in [0.3, 0.4) is 0 Å². The van der Waals surface area contributed by atoms with E-state index in [2.05, 4.69) is 15.9 Å². The number of hydrogen-bond acceptors (Lipinski definition) is 3. The summed E-state index contributed by atoms with van der Waals surface area (Å²) in [6, 6.07) is 13.0. The lowest BCUT2D eigenvalue weighted by Crippen LogP contribution is -2.07. The minimum Gasteiger partial charge on any atom is -0.507 e. The minimum atomic E-state index is -0.138. The van der Waals surface area contributed by atoms with E-state index in [1.807, 2.05) is 43.3 Å². The number of nitrogens with zero attached hydrogens (tertiary/aromatic N) is 1. The van der Waals surface area contributed by atoms with Gasteiger partial charge in [-0.1, -0.05) is 34.1 Å². The lowest BCUT2D eigenvalue weighted by molar-refractivity contribution is -0.110. The molecule has 0 bridgehead atoms. The van der Waals surface area contributed by atoms with Crippen LogP contribution in [0.2, 0.25) is 0 Å². The quantitative estimate of drug-likeness (QED) is 0.785. The monoisotopic (exact) mass is 371 g/mol. The first kappa shape index (κ1) is 17.0. The van der Waals surface area contributed by atoms with Crippen LogP contribution in [-0.4, -0.2) is 25.0 Å². The van der Waals surface area contributed by atoms with E-state index < -0.39 is 0 Å². The molecule has 2 aromatic rings. The van der Waals surface area contributed by atoms with Gasteiger partial charge in [-0.25, -0.2) is 0 Å². The van der Waals surface area contributed by atoms with Gasteiger partial charge in [0.15, 0.2) is 5.78 Å². The molecule has 0 saturated carbocycles. The van der Waals surface area contributed by atoms with Gasteiger partial charge >= 0.3 is 0 Å². The molecule has 0 heterocycles. The summed E-state index contributed by atoms with van der Waals surface area (Å²) in [4.78, 5) is 13.9. The molecule has 4 heteroatoms. The summed E-state index contributed by atoms with van der Waals surface area (Å²) in [5.41, 5.74) is 2.66. The first-order chi connectivity index (χ1) is 11.0. The Labute approximate surface area is 144 Å². The fourth-order valence-electron chi connectivity index (χ4n) is 1.95. The van der Waals surface area contributed by atoms with Crippen molar-refractivity contribution in [2.45, 2.75) is 0 Å². The number of aromatic hydroxyl groups is 1. The van der Waals surface area contributed by atoms with E-state index in [1.54, 1.807) is 30.4 Å². The molecule has 0 saturated heterocycles. The van der Waals surface area contributed by atoms with Crippen LogP contribution < -0.4 is 4.90 Å². The summed E-state index contributed by atoms with van der Waals surface area (Å²) >= 11 is 3.33. The predicted molar refractivity (Wildman–Crippen MR) is 99.7 cm³/mol. The second kappa shape index (κ2) is 7.79. The van der Waals surface area contributed by atoms with Crippen molar-refractivity contribution in [1.29, 1.82) is 0 Å². The molecule has 118 valence electrons. The number of benzene rings is 2. The molecule has 1 N–H and O–H groups in total. The molecular formula is C19H18BrNO2. The summed E-state index contributed by atoms with van der Waals surface area (Å²) in [6.45, 7) is 0. The smallest absolute Gasteiger partial charge is 0.178 e. The van der Waals surface area contributed by atoms with Gasteiger partial charge in [-0.2, -0.15) is 0 Å².